The van der Waals surface area contributed by atoms with E-state index >= 15 is 0 Å². The molecule has 0 radical (unpaired) electrons. The number of amides is 3. The van der Waals surface area contributed by atoms with E-state index in [1.807, 2.05) is 43.4 Å². The molecule has 0 aliphatic carbocycles. The van der Waals surface area contributed by atoms with Crippen LogP contribution in [0.1, 0.15) is 49.4 Å². The van der Waals surface area contributed by atoms with Crippen molar-refractivity contribution in [1.82, 2.24) is 25.3 Å². The lowest BCUT2D eigenvalue weighted by Gasteiger charge is -2.14. The molecule has 0 fully saturated rings. The molecule has 0 bridgehead atoms. The van der Waals surface area contributed by atoms with Gasteiger partial charge >= 0.3 is 6.03 Å². The maximum Gasteiger partial charge on any atom is 0.323 e. The first-order valence-electron chi connectivity index (χ1n) is 16.2. The van der Waals surface area contributed by atoms with E-state index in [9.17, 15) is 14.4 Å². The predicted molar refractivity (Wildman–Crippen MR) is 198 cm³/mol. The topological polar surface area (TPSA) is 155 Å². The number of rotatable bonds is 18. The van der Waals surface area contributed by atoms with Crippen LogP contribution in [0.25, 0.3) is 22.4 Å². The van der Waals surface area contributed by atoms with Crippen LogP contribution in [0.5, 0.6) is 0 Å². The summed E-state index contributed by atoms with van der Waals surface area (Å²) in [7, 11) is 2.01. The van der Waals surface area contributed by atoms with Gasteiger partial charge in [-0.05, 0) is 74.8 Å². The van der Waals surface area contributed by atoms with Crippen molar-refractivity contribution in [1.29, 1.82) is 0 Å². The van der Waals surface area contributed by atoms with Gasteiger partial charge in [0.05, 0.1) is 28.1 Å². The van der Waals surface area contributed by atoms with E-state index in [0.717, 1.165) is 56.0 Å². The highest BCUT2D eigenvalue weighted by Gasteiger charge is 2.16. The van der Waals surface area contributed by atoms with Crippen molar-refractivity contribution < 1.29 is 14.7 Å². The molecule has 1 heterocycles. The maximum absolute atomic E-state index is 13.0. The third-order valence-electron chi connectivity index (χ3n) is 7.69. The number of aromatic nitrogens is 2. The van der Waals surface area contributed by atoms with Crippen molar-refractivity contribution in [2.24, 2.45) is 5.73 Å². The normalized spacial score (nSPS) is 12.0. The Kier molecular flexibility index (Phi) is 16.1. The first kappa shape index (κ1) is 39.0. The minimum atomic E-state index is -0.765. The van der Waals surface area contributed by atoms with Gasteiger partial charge in [0.2, 0.25) is 0 Å². The van der Waals surface area contributed by atoms with Gasteiger partial charge in [0.1, 0.15) is 5.69 Å². The van der Waals surface area contributed by atoms with Crippen LogP contribution in [-0.4, -0.2) is 65.0 Å². The second-order valence-corrected chi connectivity index (χ2v) is 12.1. The molecule has 2 aromatic carbocycles. The molecule has 0 aliphatic heterocycles. The number of carbonyl (C=O) groups excluding carboxylic acids is 2. The number of allylic oxidation sites excluding steroid dienone is 3. The van der Waals surface area contributed by atoms with Crippen molar-refractivity contribution in [3.63, 3.8) is 0 Å². The lowest BCUT2D eigenvalue weighted by molar-refractivity contribution is 0.0953. The van der Waals surface area contributed by atoms with Gasteiger partial charge in [-0.3, -0.25) is 9.59 Å². The van der Waals surface area contributed by atoms with Crippen LogP contribution in [-0.2, 0) is 6.54 Å². The first-order chi connectivity index (χ1) is 23.6. The van der Waals surface area contributed by atoms with Crippen molar-refractivity contribution in [2.75, 3.05) is 38.6 Å². The van der Waals surface area contributed by atoms with E-state index in [-0.39, 0.29) is 40.5 Å². The molecule has 0 unspecified atom stereocenters. The summed E-state index contributed by atoms with van der Waals surface area (Å²) >= 11 is 12.2. The van der Waals surface area contributed by atoms with Gasteiger partial charge in [0, 0.05) is 37.0 Å². The minimum absolute atomic E-state index is 0.00544. The van der Waals surface area contributed by atoms with Crippen LogP contribution < -0.4 is 27.2 Å². The average Bonchev–Trinajstić information content (AvgIpc) is 3.12. The molecule has 3 aromatic rings. The number of aryl methyl sites for hydroxylation is 1. The fraction of sp³-hybridized carbons (Fsp3) is 0.333. The summed E-state index contributed by atoms with van der Waals surface area (Å²) in [5.74, 6) is -0.114. The van der Waals surface area contributed by atoms with E-state index < -0.39 is 11.6 Å². The Balaban J connectivity index is 1.66. The Morgan fingerprint density at radius 1 is 1.00 bits per heavy atom. The zero-order valence-electron chi connectivity index (χ0n) is 28.0. The smallest absolute Gasteiger partial charge is 0.323 e. The zero-order chi connectivity index (χ0) is 35.8. The highest BCUT2D eigenvalue weighted by Crippen LogP contribution is 2.27. The van der Waals surface area contributed by atoms with Crippen LogP contribution in [0.3, 0.4) is 0 Å². The molecule has 0 spiro atoms. The molecule has 6 N–H and O–H groups in total. The monoisotopic (exact) mass is 709 g/mol. The average molecular weight is 711 g/mol. The number of halogens is 2. The summed E-state index contributed by atoms with van der Waals surface area (Å²) in [5.41, 5.74) is 8.55. The van der Waals surface area contributed by atoms with E-state index in [2.05, 4.69) is 32.5 Å². The number of aliphatic hydroxyl groups excluding tert-OH is 1. The highest BCUT2D eigenvalue weighted by atomic mass is 35.5. The Bertz CT molecular complexity index is 1700. The van der Waals surface area contributed by atoms with Crippen molar-refractivity contribution >= 4 is 40.8 Å². The predicted octanol–water partition coefficient (Wildman–Crippen LogP) is 6.00. The lowest BCUT2D eigenvalue weighted by atomic mass is 10.0. The second kappa shape index (κ2) is 20.2. The number of benzene rings is 2. The molecule has 13 heteroatoms. The van der Waals surface area contributed by atoms with Gasteiger partial charge in [-0.15, -0.1) is 0 Å². The molecule has 0 saturated carbocycles. The fourth-order valence-electron chi connectivity index (χ4n) is 4.97. The molecule has 0 atom stereocenters. The van der Waals surface area contributed by atoms with Gasteiger partial charge in [0.15, 0.2) is 0 Å². The highest BCUT2D eigenvalue weighted by molar-refractivity contribution is 6.36. The number of hydrogen-bond donors (Lipinski definition) is 5. The molecule has 0 aliphatic rings. The Morgan fingerprint density at radius 2 is 1.69 bits per heavy atom. The number of nitrogens with zero attached hydrogens (tertiary/aromatic N) is 3. The van der Waals surface area contributed by atoms with Crippen molar-refractivity contribution in [3.8, 4) is 22.4 Å². The van der Waals surface area contributed by atoms with Gasteiger partial charge in [-0.1, -0.05) is 79.4 Å². The van der Waals surface area contributed by atoms with Crippen LogP contribution >= 0.6 is 23.2 Å². The van der Waals surface area contributed by atoms with E-state index in [1.54, 1.807) is 19.1 Å². The van der Waals surface area contributed by atoms with Crippen LogP contribution in [0, 0.1) is 0 Å². The van der Waals surface area contributed by atoms with E-state index in [1.165, 1.54) is 16.8 Å². The maximum atomic E-state index is 13.0. The number of unbranched alkanes of at least 4 members (excludes halogenated alkanes) is 4. The SMILES string of the molecule is C=C/C(Cl)=C(NC(=O)Nc1cc(-c2cccc(-c3ccc(C(=O)NCCCCCCCN(C)CCO)cc3)c2)nn(CC)c1=O)\C(Cl)=C/N. The van der Waals surface area contributed by atoms with Crippen LogP contribution in [0.15, 0.2) is 94.0 Å². The van der Waals surface area contributed by atoms with Crippen LogP contribution in [0.4, 0.5) is 10.5 Å². The quantitative estimate of drug-likeness (QED) is 0.0802. The third-order valence-corrected chi connectivity index (χ3v) is 8.34. The van der Waals surface area contributed by atoms with Gasteiger partial charge in [-0.2, -0.15) is 5.10 Å². The first-order valence-corrected chi connectivity index (χ1v) is 17.0. The summed E-state index contributed by atoms with van der Waals surface area (Å²) in [5, 5.41) is 21.6. The fourth-order valence-corrected chi connectivity index (χ4v) is 5.31. The summed E-state index contributed by atoms with van der Waals surface area (Å²) < 4.78 is 1.25. The van der Waals surface area contributed by atoms with Crippen LogP contribution in [0.2, 0.25) is 0 Å². The number of aliphatic hydroxyl groups is 1. The Labute approximate surface area is 297 Å². The molecular formula is C36H45Cl2N7O4. The Morgan fingerprint density at radius 3 is 2.37 bits per heavy atom. The lowest BCUT2D eigenvalue weighted by Crippen LogP contribution is -2.33. The van der Waals surface area contributed by atoms with Gasteiger partial charge in [0.25, 0.3) is 11.5 Å². The standard InChI is InChI=1S/C36H45Cl2N7O4/c1-4-29(37)33(30(38)24-39)42-36(49)41-32-23-31(43-45(5-2)35(32)48)28-13-11-12-27(22-28)25-14-16-26(17-15-25)34(47)40-18-9-7-6-8-10-19-44(3)20-21-46/h4,11-17,22-24,46H,1,5-10,18-21,39H2,2-3H3,(H,40,47)(H2,41,42,49)/b30-24+,33-29-. The molecular weight excluding hydrogens is 665 g/mol. The molecule has 3 amide bonds. The molecule has 3 rings (SSSR count). The molecule has 0 saturated heterocycles. The second-order valence-electron chi connectivity index (χ2n) is 11.3. The minimum Gasteiger partial charge on any atom is -0.403 e. The number of urea groups is 1. The number of nitrogens with two attached hydrogens (primary N) is 1. The number of anilines is 1. The van der Waals surface area contributed by atoms with Crippen molar-refractivity contribution in [3.05, 3.63) is 105 Å². The van der Waals surface area contributed by atoms with Crippen molar-refractivity contribution in [2.45, 2.75) is 45.6 Å². The number of hydrogen-bond acceptors (Lipinski definition) is 7. The molecule has 1 aromatic heterocycles. The van der Waals surface area contributed by atoms with Gasteiger partial charge < -0.3 is 31.7 Å². The molecule has 49 heavy (non-hydrogen) atoms. The summed E-state index contributed by atoms with van der Waals surface area (Å²) in [6, 6.07) is 15.7. The Hall–Kier alpha value is -4.42. The summed E-state index contributed by atoms with van der Waals surface area (Å²) in [4.78, 5) is 40.7. The zero-order valence-corrected chi connectivity index (χ0v) is 29.5. The van der Waals surface area contributed by atoms with Gasteiger partial charge in [-0.25, -0.2) is 9.48 Å². The largest absolute Gasteiger partial charge is 0.403 e. The number of carbonyl (C=O) groups is 2. The summed E-state index contributed by atoms with van der Waals surface area (Å²) in [6.45, 7) is 8.11. The molecule has 262 valence electrons. The summed E-state index contributed by atoms with van der Waals surface area (Å²) in [6.07, 6.45) is 7.69. The molecule has 11 nitrogen and oxygen atoms in total. The van der Waals surface area contributed by atoms with E-state index in [0.29, 0.717) is 29.9 Å². The van der Waals surface area contributed by atoms with E-state index in [4.69, 9.17) is 34.0 Å². The number of nitrogens with one attached hydrogen (secondary N) is 3. The third kappa shape index (κ3) is 11.9. The number of likely N-dealkylation sites (N-methyl/N-ethyl adjacent to an activating group) is 1.